The van der Waals surface area contributed by atoms with E-state index in [2.05, 4.69) is 5.32 Å². The Morgan fingerprint density at radius 1 is 1.03 bits per heavy atom. The number of unbranched alkanes of at least 4 members (excludes halogenated alkanes) is 1. The number of aromatic nitrogens is 1. The van der Waals surface area contributed by atoms with Crippen LogP contribution in [0.5, 0.6) is 17.2 Å². The van der Waals surface area contributed by atoms with E-state index in [0.29, 0.717) is 46.0 Å². The van der Waals surface area contributed by atoms with Crippen LogP contribution in [0.2, 0.25) is 0 Å². The first-order valence-corrected chi connectivity index (χ1v) is 10.2. The second kappa shape index (κ2) is 9.55. The SMILES string of the molecule is CCCCC(=O)Nc1c(-c2cc(OC)c(OC)c(OC)c2)c(=O)c2ccccc2n1C. The monoisotopic (exact) mass is 424 g/mol. The normalized spacial score (nSPS) is 10.7. The lowest BCUT2D eigenvalue weighted by Crippen LogP contribution is -2.21. The lowest BCUT2D eigenvalue weighted by Gasteiger charge is -2.20. The van der Waals surface area contributed by atoms with Crippen molar-refractivity contribution in [3.63, 3.8) is 0 Å². The highest BCUT2D eigenvalue weighted by Crippen LogP contribution is 2.42. The van der Waals surface area contributed by atoms with Crippen LogP contribution < -0.4 is 25.0 Å². The van der Waals surface area contributed by atoms with Gasteiger partial charge in [-0.2, -0.15) is 0 Å². The number of methoxy groups -OCH3 is 3. The van der Waals surface area contributed by atoms with Crippen LogP contribution in [0.15, 0.2) is 41.2 Å². The van der Waals surface area contributed by atoms with Gasteiger partial charge in [-0.15, -0.1) is 0 Å². The molecule has 0 aliphatic heterocycles. The molecule has 31 heavy (non-hydrogen) atoms. The Bertz CT molecular complexity index is 1140. The van der Waals surface area contributed by atoms with Crippen molar-refractivity contribution < 1.29 is 19.0 Å². The van der Waals surface area contributed by atoms with Gasteiger partial charge in [0.15, 0.2) is 16.9 Å². The highest BCUT2D eigenvalue weighted by molar-refractivity contribution is 5.98. The first-order chi connectivity index (χ1) is 15.0. The number of amides is 1. The zero-order valence-electron chi connectivity index (χ0n) is 18.6. The summed E-state index contributed by atoms with van der Waals surface area (Å²) in [6, 6.07) is 10.8. The average Bonchev–Trinajstić information content (AvgIpc) is 2.80. The predicted molar refractivity (Wildman–Crippen MR) is 122 cm³/mol. The van der Waals surface area contributed by atoms with E-state index < -0.39 is 0 Å². The number of hydrogen-bond acceptors (Lipinski definition) is 5. The van der Waals surface area contributed by atoms with E-state index >= 15 is 0 Å². The summed E-state index contributed by atoms with van der Waals surface area (Å²) in [5, 5.41) is 3.52. The topological polar surface area (TPSA) is 78.8 Å². The summed E-state index contributed by atoms with van der Waals surface area (Å²) in [4.78, 5) is 26.2. The van der Waals surface area contributed by atoms with Gasteiger partial charge in [0.1, 0.15) is 5.82 Å². The third kappa shape index (κ3) is 4.21. The molecule has 7 nitrogen and oxygen atoms in total. The van der Waals surface area contributed by atoms with Crippen LogP contribution in [0.3, 0.4) is 0 Å². The summed E-state index contributed by atoms with van der Waals surface area (Å²) in [6.45, 7) is 2.03. The fourth-order valence-electron chi connectivity index (χ4n) is 3.66. The van der Waals surface area contributed by atoms with Crippen LogP contribution in [0.25, 0.3) is 22.0 Å². The minimum atomic E-state index is -0.186. The number of para-hydroxylation sites is 1. The minimum Gasteiger partial charge on any atom is -0.493 e. The number of benzene rings is 2. The molecule has 0 spiro atoms. The molecular formula is C24H28N2O5. The summed E-state index contributed by atoms with van der Waals surface area (Å²) in [6.07, 6.45) is 2.06. The van der Waals surface area contributed by atoms with E-state index in [1.165, 1.54) is 21.3 Å². The van der Waals surface area contributed by atoms with Crippen molar-refractivity contribution in [2.24, 2.45) is 7.05 Å². The third-order valence-electron chi connectivity index (χ3n) is 5.28. The van der Waals surface area contributed by atoms with Crippen molar-refractivity contribution in [2.45, 2.75) is 26.2 Å². The molecule has 0 saturated heterocycles. The number of nitrogens with zero attached hydrogens (tertiary/aromatic N) is 1. The van der Waals surface area contributed by atoms with Crippen LogP contribution in [0.4, 0.5) is 5.82 Å². The highest BCUT2D eigenvalue weighted by atomic mass is 16.5. The van der Waals surface area contributed by atoms with E-state index in [1.807, 2.05) is 36.7 Å². The maximum absolute atomic E-state index is 13.6. The molecule has 0 fully saturated rings. The molecule has 164 valence electrons. The van der Waals surface area contributed by atoms with Gasteiger partial charge in [-0.05, 0) is 36.2 Å². The molecule has 0 bridgehead atoms. The summed E-state index contributed by atoms with van der Waals surface area (Å²) in [5.41, 5.74) is 1.47. The van der Waals surface area contributed by atoms with Crippen LogP contribution in [-0.2, 0) is 11.8 Å². The van der Waals surface area contributed by atoms with Crippen LogP contribution in [0.1, 0.15) is 26.2 Å². The number of anilines is 1. The van der Waals surface area contributed by atoms with Crippen LogP contribution >= 0.6 is 0 Å². The molecule has 1 aromatic heterocycles. The van der Waals surface area contributed by atoms with Gasteiger partial charge in [-0.3, -0.25) is 9.59 Å². The summed E-state index contributed by atoms with van der Waals surface area (Å²) in [5.74, 6) is 1.57. The average molecular weight is 424 g/mol. The Labute approximate surface area is 181 Å². The lowest BCUT2D eigenvalue weighted by molar-refractivity contribution is -0.116. The number of aryl methyl sites for hydroxylation is 1. The largest absolute Gasteiger partial charge is 0.493 e. The fourth-order valence-corrected chi connectivity index (χ4v) is 3.66. The predicted octanol–water partition coefficient (Wildman–Crippen LogP) is 4.36. The summed E-state index contributed by atoms with van der Waals surface area (Å²) >= 11 is 0. The second-order valence-electron chi connectivity index (χ2n) is 7.19. The van der Waals surface area contributed by atoms with E-state index in [-0.39, 0.29) is 11.3 Å². The van der Waals surface area contributed by atoms with Gasteiger partial charge in [-0.1, -0.05) is 25.5 Å². The Kier molecular flexibility index (Phi) is 6.84. The molecule has 0 aliphatic carbocycles. The van der Waals surface area contributed by atoms with Crippen LogP contribution in [-0.4, -0.2) is 31.8 Å². The van der Waals surface area contributed by atoms with Crippen LogP contribution in [0, 0.1) is 0 Å². The molecule has 0 saturated carbocycles. The third-order valence-corrected chi connectivity index (χ3v) is 5.28. The number of fused-ring (bicyclic) bond motifs is 1. The highest BCUT2D eigenvalue weighted by Gasteiger charge is 2.22. The van der Waals surface area contributed by atoms with Gasteiger partial charge >= 0.3 is 0 Å². The minimum absolute atomic E-state index is 0.138. The van der Waals surface area contributed by atoms with E-state index in [4.69, 9.17) is 14.2 Å². The fraction of sp³-hybridized carbons (Fsp3) is 0.333. The molecule has 1 amide bonds. The maximum atomic E-state index is 13.6. The first-order valence-electron chi connectivity index (χ1n) is 10.2. The quantitative estimate of drug-likeness (QED) is 0.581. The van der Waals surface area contributed by atoms with Gasteiger partial charge in [0.25, 0.3) is 0 Å². The number of hydrogen-bond donors (Lipinski definition) is 1. The molecule has 1 N–H and O–H groups in total. The van der Waals surface area contributed by atoms with Gasteiger partial charge < -0.3 is 24.1 Å². The standard InChI is InChI=1S/C24H28N2O5/c1-6-7-12-20(27)25-24-21(22(28)16-10-8-9-11-17(16)26(24)2)15-13-18(29-3)23(31-5)19(14-15)30-4/h8-11,13-14H,6-7,12H2,1-5H3,(H,25,27). The van der Waals surface area contributed by atoms with Gasteiger partial charge in [-0.25, -0.2) is 0 Å². The summed E-state index contributed by atoms with van der Waals surface area (Å²) < 4.78 is 18.2. The maximum Gasteiger partial charge on any atom is 0.225 e. The number of ether oxygens (including phenoxy) is 3. The van der Waals surface area contributed by atoms with Crippen molar-refractivity contribution in [1.82, 2.24) is 4.57 Å². The molecule has 0 radical (unpaired) electrons. The van der Waals surface area contributed by atoms with Crippen molar-refractivity contribution in [3.8, 4) is 28.4 Å². The molecule has 0 unspecified atom stereocenters. The number of rotatable bonds is 8. The Hall–Kier alpha value is -3.48. The molecule has 0 aliphatic rings. The number of carbonyl (C=O) groups is 1. The lowest BCUT2D eigenvalue weighted by atomic mass is 10.0. The van der Waals surface area contributed by atoms with Crippen molar-refractivity contribution >= 4 is 22.6 Å². The molecule has 3 rings (SSSR count). The van der Waals surface area contributed by atoms with Crippen molar-refractivity contribution in [1.29, 1.82) is 0 Å². The van der Waals surface area contributed by atoms with Gasteiger partial charge in [0.05, 0.1) is 32.4 Å². The summed E-state index contributed by atoms with van der Waals surface area (Å²) in [7, 11) is 6.40. The molecule has 1 heterocycles. The molecule has 7 heteroatoms. The zero-order valence-corrected chi connectivity index (χ0v) is 18.6. The van der Waals surface area contributed by atoms with Gasteiger partial charge in [0.2, 0.25) is 11.7 Å². The van der Waals surface area contributed by atoms with E-state index in [0.717, 1.165) is 18.4 Å². The van der Waals surface area contributed by atoms with Crippen molar-refractivity contribution in [2.75, 3.05) is 26.6 Å². The van der Waals surface area contributed by atoms with E-state index in [1.54, 1.807) is 18.2 Å². The molecule has 0 atom stereocenters. The Morgan fingerprint density at radius 3 is 2.26 bits per heavy atom. The first kappa shape index (κ1) is 22.2. The number of nitrogens with one attached hydrogen (secondary N) is 1. The molecule has 3 aromatic rings. The Balaban J connectivity index is 2.33. The smallest absolute Gasteiger partial charge is 0.225 e. The molecular weight excluding hydrogens is 396 g/mol. The number of carbonyl (C=O) groups excluding carboxylic acids is 1. The Morgan fingerprint density at radius 2 is 1.68 bits per heavy atom. The second-order valence-corrected chi connectivity index (χ2v) is 7.19. The van der Waals surface area contributed by atoms with Gasteiger partial charge in [0, 0.05) is 18.9 Å². The van der Waals surface area contributed by atoms with Crippen molar-refractivity contribution in [3.05, 3.63) is 46.6 Å². The number of pyridine rings is 1. The molecule has 2 aromatic carbocycles. The van der Waals surface area contributed by atoms with E-state index in [9.17, 15) is 9.59 Å². The zero-order chi connectivity index (χ0) is 22.5.